The molecule has 3 aromatic rings. The topological polar surface area (TPSA) is 82.5 Å². The van der Waals surface area contributed by atoms with Gasteiger partial charge in [0.1, 0.15) is 5.75 Å². The molecule has 1 atom stereocenters. The number of hydrogen-bond acceptors (Lipinski definition) is 6. The lowest BCUT2D eigenvalue weighted by Crippen LogP contribution is -2.30. The first-order valence-corrected chi connectivity index (χ1v) is 11.7. The Balaban J connectivity index is 1.51. The summed E-state index contributed by atoms with van der Waals surface area (Å²) in [7, 11) is 1.60. The normalized spacial score (nSPS) is 15.8. The summed E-state index contributed by atoms with van der Waals surface area (Å²) < 4.78 is 12.7. The van der Waals surface area contributed by atoms with Crippen molar-refractivity contribution in [2.24, 2.45) is 0 Å². The number of methoxy groups -OCH3 is 1. The quantitative estimate of drug-likeness (QED) is 0.397. The van der Waals surface area contributed by atoms with E-state index in [1.807, 2.05) is 24.3 Å². The molecular formula is C23H24ClN3O4S. The van der Waals surface area contributed by atoms with Gasteiger partial charge >= 0.3 is 0 Å². The molecule has 7 nitrogen and oxygen atoms in total. The number of carbonyl (C=O) groups excluding carboxylic acids is 1. The van der Waals surface area contributed by atoms with Crippen molar-refractivity contribution in [3.8, 4) is 5.75 Å². The molecule has 0 aliphatic carbocycles. The van der Waals surface area contributed by atoms with Crippen molar-refractivity contribution in [3.63, 3.8) is 0 Å². The summed E-state index contributed by atoms with van der Waals surface area (Å²) in [6.45, 7) is 1.46. The highest BCUT2D eigenvalue weighted by Crippen LogP contribution is 2.23. The summed E-state index contributed by atoms with van der Waals surface area (Å²) in [5.41, 5.74) is 1.25. The van der Waals surface area contributed by atoms with Crippen LogP contribution in [0.15, 0.2) is 52.4 Å². The number of amides is 1. The van der Waals surface area contributed by atoms with Crippen LogP contribution in [0.5, 0.6) is 5.75 Å². The highest BCUT2D eigenvalue weighted by Gasteiger charge is 2.21. The SMILES string of the molecule is COc1ccccc1CNC(=O)CSc1nc2cc(Cl)ccc2c(=O)n1CC1CCCO1. The van der Waals surface area contributed by atoms with Crippen LogP contribution in [-0.2, 0) is 22.6 Å². The summed E-state index contributed by atoms with van der Waals surface area (Å²) in [5.74, 6) is 0.683. The van der Waals surface area contributed by atoms with Gasteiger partial charge in [-0.2, -0.15) is 0 Å². The summed E-state index contributed by atoms with van der Waals surface area (Å²) in [6.07, 6.45) is 1.84. The van der Waals surface area contributed by atoms with Crippen molar-refractivity contribution in [1.29, 1.82) is 0 Å². The first kappa shape index (κ1) is 22.6. The Bertz CT molecular complexity index is 1180. The average molecular weight is 474 g/mol. The van der Waals surface area contributed by atoms with Crippen molar-refractivity contribution < 1.29 is 14.3 Å². The van der Waals surface area contributed by atoms with Crippen LogP contribution in [0, 0.1) is 0 Å². The molecule has 1 unspecified atom stereocenters. The number of aromatic nitrogens is 2. The highest BCUT2D eigenvalue weighted by molar-refractivity contribution is 7.99. The van der Waals surface area contributed by atoms with E-state index in [4.69, 9.17) is 21.1 Å². The standard InChI is InChI=1S/C23H24ClN3O4S/c1-30-20-7-3-2-5-15(20)12-25-21(28)14-32-23-26-19-11-16(24)8-9-18(19)22(29)27(23)13-17-6-4-10-31-17/h2-3,5,7-9,11,17H,4,6,10,12-14H2,1H3,(H,25,28). The van der Waals surface area contributed by atoms with Crippen LogP contribution in [0.3, 0.4) is 0 Å². The van der Waals surface area contributed by atoms with E-state index in [0.717, 1.165) is 24.2 Å². The fourth-order valence-corrected chi connectivity index (χ4v) is 4.67. The molecule has 1 N–H and O–H groups in total. The molecule has 32 heavy (non-hydrogen) atoms. The molecule has 1 aromatic heterocycles. The van der Waals surface area contributed by atoms with Crippen LogP contribution in [0.4, 0.5) is 0 Å². The molecule has 0 saturated carbocycles. The number of ether oxygens (including phenoxy) is 2. The molecule has 1 aliphatic heterocycles. The van der Waals surface area contributed by atoms with Gasteiger partial charge in [-0.15, -0.1) is 0 Å². The van der Waals surface area contributed by atoms with E-state index in [1.54, 1.807) is 29.9 Å². The Morgan fingerprint density at radius 1 is 1.34 bits per heavy atom. The number of nitrogens with zero attached hydrogens (tertiary/aromatic N) is 2. The monoisotopic (exact) mass is 473 g/mol. The zero-order valence-corrected chi connectivity index (χ0v) is 19.2. The first-order chi connectivity index (χ1) is 15.5. The van der Waals surface area contributed by atoms with Gasteiger partial charge in [-0.05, 0) is 37.1 Å². The number of nitrogens with one attached hydrogen (secondary N) is 1. The fourth-order valence-electron chi connectivity index (χ4n) is 3.66. The third-order valence-electron chi connectivity index (χ3n) is 5.29. The molecule has 0 radical (unpaired) electrons. The number of rotatable bonds is 8. The van der Waals surface area contributed by atoms with Crippen molar-refractivity contribution in [3.05, 3.63) is 63.4 Å². The molecule has 9 heteroatoms. The van der Waals surface area contributed by atoms with Crippen LogP contribution in [0.2, 0.25) is 5.02 Å². The lowest BCUT2D eigenvalue weighted by molar-refractivity contribution is -0.118. The van der Waals surface area contributed by atoms with E-state index in [1.165, 1.54) is 11.8 Å². The molecule has 0 spiro atoms. The van der Waals surface area contributed by atoms with Crippen molar-refractivity contribution >= 4 is 40.2 Å². The number of halogens is 1. The number of hydrogen-bond donors (Lipinski definition) is 1. The minimum Gasteiger partial charge on any atom is -0.496 e. The predicted molar refractivity (Wildman–Crippen MR) is 126 cm³/mol. The van der Waals surface area contributed by atoms with Gasteiger partial charge in [-0.1, -0.05) is 41.6 Å². The summed E-state index contributed by atoms with van der Waals surface area (Å²) in [4.78, 5) is 30.3. The Morgan fingerprint density at radius 2 is 2.19 bits per heavy atom. The van der Waals surface area contributed by atoms with Gasteiger partial charge in [-0.3, -0.25) is 14.2 Å². The summed E-state index contributed by atoms with van der Waals surface area (Å²) in [6, 6.07) is 12.6. The van der Waals surface area contributed by atoms with Crippen LogP contribution in [0.1, 0.15) is 18.4 Å². The molecule has 2 aromatic carbocycles. The first-order valence-electron chi connectivity index (χ1n) is 10.4. The maximum atomic E-state index is 13.2. The Labute approximate surface area is 195 Å². The Kier molecular flexibility index (Phi) is 7.34. The molecule has 1 fully saturated rings. The van der Waals surface area contributed by atoms with E-state index in [9.17, 15) is 9.59 Å². The molecule has 4 rings (SSSR count). The molecule has 2 heterocycles. The molecule has 1 aliphatic rings. The smallest absolute Gasteiger partial charge is 0.262 e. The van der Waals surface area contributed by atoms with Crippen LogP contribution >= 0.6 is 23.4 Å². The second-order valence-corrected chi connectivity index (χ2v) is 8.86. The van der Waals surface area contributed by atoms with Crippen LogP contribution < -0.4 is 15.6 Å². The van der Waals surface area contributed by atoms with Crippen LogP contribution in [-0.4, -0.2) is 41.0 Å². The van der Waals surface area contributed by atoms with E-state index in [0.29, 0.717) is 40.8 Å². The minimum absolute atomic E-state index is 0.0297. The van der Waals surface area contributed by atoms with E-state index in [-0.39, 0.29) is 23.3 Å². The van der Waals surface area contributed by atoms with Crippen LogP contribution in [0.25, 0.3) is 10.9 Å². The lowest BCUT2D eigenvalue weighted by Gasteiger charge is -2.16. The molecule has 168 valence electrons. The van der Waals surface area contributed by atoms with Crippen molar-refractivity contribution in [1.82, 2.24) is 14.9 Å². The predicted octanol–water partition coefficient (Wildman–Crippen LogP) is 3.65. The zero-order chi connectivity index (χ0) is 22.5. The number of para-hydroxylation sites is 1. The van der Waals surface area contributed by atoms with E-state index < -0.39 is 0 Å². The fraction of sp³-hybridized carbons (Fsp3) is 0.348. The third-order valence-corrected chi connectivity index (χ3v) is 6.50. The highest BCUT2D eigenvalue weighted by atomic mass is 35.5. The number of thioether (sulfide) groups is 1. The number of fused-ring (bicyclic) bond motifs is 1. The van der Waals surface area contributed by atoms with Gasteiger partial charge < -0.3 is 14.8 Å². The Hall–Kier alpha value is -2.55. The van der Waals surface area contributed by atoms with Gasteiger partial charge in [0.2, 0.25) is 5.91 Å². The van der Waals surface area contributed by atoms with E-state index in [2.05, 4.69) is 10.3 Å². The van der Waals surface area contributed by atoms with Gasteiger partial charge in [0.25, 0.3) is 5.56 Å². The van der Waals surface area contributed by atoms with Gasteiger partial charge in [-0.25, -0.2) is 4.98 Å². The number of benzene rings is 2. The molecule has 0 bridgehead atoms. The Morgan fingerprint density at radius 3 is 2.97 bits per heavy atom. The van der Waals surface area contributed by atoms with Crippen molar-refractivity contribution in [2.45, 2.75) is 37.2 Å². The van der Waals surface area contributed by atoms with Gasteiger partial charge in [0, 0.05) is 23.7 Å². The zero-order valence-electron chi connectivity index (χ0n) is 17.7. The molecule has 1 amide bonds. The number of carbonyl (C=O) groups is 1. The summed E-state index contributed by atoms with van der Waals surface area (Å²) >= 11 is 7.33. The lowest BCUT2D eigenvalue weighted by atomic mass is 10.2. The average Bonchev–Trinajstić information content (AvgIpc) is 3.31. The van der Waals surface area contributed by atoms with Gasteiger partial charge in [0.05, 0.1) is 36.4 Å². The maximum absolute atomic E-state index is 13.2. The van der Waals surface area contributed by atoms with E-state index >= 15 is 0 Å². The second-order valence-electron chi connectivity index (χ2n) is 7.48. The third kappa shape index (κ3) is 5.26. The molecular weight excluding hydrogens is 450 g/mol. The molecule has 1 saturated heterocycles. The summed E-state index contributed by atoms with van der Waals surface area (Å²) in [5, 5.41) is 4.38. The van der Waals surface area contributed by atoms with Crippen molar-refractivity contribution in [2.75, 3.05) is 19.5 Å². The maximum Gasteiger partial charge on any atom is 0.262 e. The largest absolute Gasteiger partial charge is 0.496 e. The van der Waals surface area contributed by atoms with Gasteiger partial charge in [0.15, 0.2) is 5.16 Å². The minimum atomic E-state index is -0.162. The second kappa shape index (κ2) is 10.4.